The number of carbonyl (C=O) groups is 3. The van der Waals surface area contributed by atoms with Crippen LogP contribution in [0.2, 0.25) is 0 Å². The highest BCUT2D eigenvalue weighted by Crippen LogP contribution is 2.30. The second kappa shape index (κ2) is 10.1. The van der Waals surface area contributed by atoms with Gasteiger partial charge >= 0.3 is 6.03 Å². The molecule has 4 rings (SSSR count). The Bertz CT molecular complexity index is 877. The van der Waals surface area contributed by atoms with E-state index in [1.807, 2.05) is 11.8 Å². The van der Waals surface area contributed by atoms with Crippen LogP contribution < -0.4 is 20.3 Å². The first-order chi connectivity index (χ1) is 15.2. The van der Waals surface area contributed by atoms with Crippen molar-refractivity contribution in [1.82, 2.24) is 15.5 Å². The van der Waals surface area contributed by atoms with E-state index < -0.39 is 35.5 Å². The lowest BCUT2D eigenvalue weighted by Gasteiger charge is -2.42. The van der Waals surface area contributed by atoms with Crippen LogP contribution in [0.3, 0.4) is 0 Å². The summed E-state index contributed by atoms with van der Waals surface area (Å²) in [5, 5.41) is 4.65. The molecule has 2 aliphatic heterocycles. The zero-order valence-corrected chi connectivity index (χ0v) is 18.6. The van der Waals surface area contributed by atoms with Gasteiger partial charge in [0.1, 0.15) is 6.04 Å². The molecular formula is C22H30F2N4O4. The number of imide groups is 1. The highest BCUT2D eigenvalue weighted by atomic mass is 19.2. The molecule has 3 atom stereocenters. The van der Waals surface area contributed by atoms with Crippen molar-refractivity contribution in [3.63, 3.8) is 0 Å². The van der Waals surface area contributed by atoms with Crippen molar-refractivity contribution in [1.29, 1.82) is 0 Å². The Morgan fingerprint density at radius 1 is 1.22 bits per heavy atom. The molecule has 10 heteroatoms. The predicted molar refractivity (Wildman–Crippen MR) is 114 cm³/mol. The summed E-state index contributed by atoms with van der Waals surface area (Å²) in [4.78, 5) is 39.3. The zero-order valence-electron chi connectivity index (χ0n) is 18.6. The number of anilines is 1. The molecule has 3 aliphatic rings. The molecule has 1 aliphatic carbocycles. The van der Waals surface area contributed by atoms with Crippen LogP contribution in [0.5, 0.6) is 5.75 Å². The number of hydrogen-bond acceptors (Lipinski definition) is 5. The number of carbonyl (C=O) groups excluding carboxylic acids is 3. The molecule has 1 saturated carbocycles. The first-order valence-electron chi connectivity index (χ1n) is 10.9. The standard InChI is InChI=1S/C19H24F2N4O4.C3H6/c1-10(6-14-17(26)23-19(28)22-14)18(27)24-4-5-25(11(2)9-24)12-7-13(20)16(21)15(8-12)29-3;1-2-3-1/h7-8,10-11,14H,4-6,9H2,1-3H3,(H2,22,23,26,28);1-3H2/t10?,11-,14?;/m0./s1. The number of halogens is 2. The summed E-state index contributed by atoms with van der Waals surface area (Å²) >= 11 is 0. The fourth-order valence-electron chi connectivity index (χ4n) is 3.80. The highest BCUT2D eigenvalue weighted by molar-refractivity contribution is 6.04. The number of urea groups is 1. The summed E-state index contributed by atoms with van der Waals surface area (Å²) < 4.78 is 32.5. The van der Waals surface area contributed by atoms with Gasteiger partial charge in [-0.05, 0) is 13.3 Å². The van der Waals surface area contributed by atoms with Gasteiger partial charge in [0.25, 0.3) is 5.91 Å². The molecule has 0 aromatic heterocycles. The van der Waals surface area contributed by atoms with Crippen LogP contribution in [0.25, 0.3) is 0 Å². The van der Waals surface area contributed by atoms with E-state index in [2.05, 4.69) is 10.6 Å². The minimum atomic E-state index is -1.03. The molecule has 2 saturated heterocycles. The fraction of sp³-hybridized carbons (Fsp3) is 0.591. The van der Waals surface area contributed by atoms with Crippen LogP contribution in [0, 0.1) is 17.6 Å². The fourth-order valence-corrected chi connectivity index (χ4v) is 3.80. The lowest BCUT2D eigenvalue weighted by atomic mass is 9.99. The number of amides is 4. The molecule has 8 nitrogen and oxygen atoms in total. The third-order valence-corrected chi connectivity index (χ3v) is 5.69. The van der Waals surface area contributed by atoms with Crippen molar-refractivity contribution in [2.75, 3.05) is 31.6 Å². The van der Waals surface area contributed by atoms with E-state index in [4.69, 9.17) is 4.74 Å². The highest BCUT2D eigenvalue weighted by Gasteiger charge is 2.35. The van der Waals surface area contributed by atoms with Gasteiger partial charge in [-0.3, -0.25) is 14.9 Å². The summed E-state index contributed by atoms with van der Waals surface area (Å²) in [5.41, 5.74) is 0.485. The van der Waals surface area contributed by atoms with Gasteiger partial charge in [-0.15, -0.1) is 0 Å². The summed E-state index contributed by atoms with van der Waals surface area (Å²) in [6.45, 7) is 4.85. The molecule has 0 spiro atoms. The van der Waals surface area contributed by atoms with Crippen molar-refractivity contribution in [2.45, 2.75) is 51.6 Å². The van der Waals surface area contributed by atoms with E-state index >= 15 is 0 Å². The lowest BCUT2D eigenvalue weighted by molar-refractivity contribution is -0.136. The normalized spacial score (nSPS) is 23.0. The van der Waals surface area contributed by atoms with Gasteiger partial charge in [-0.2, -0.15) is 4.39 Å². The Balaban J connectivity index is 0.000000887. The van der Waals surface area contributed by atoms with E-state index in [0.717, 1.165) is 6.07 Å². The summed E-state index contributed by atoms with van der Waals surface area (Å²) in [6.07, 6.45) is 4.71. The molecule has 0 bridgehead atoms. The van der Waals surface area contributed by atoms with Crippen molar-refractivity contribution < 1.29 is 27.9 Å². The molecule has 2 N–H and O–H groups in total. The Morgan fingerprint density at radius 3 is 2.44 bits per heavy atom. The van der Waals surface area contributed by atoms with Crippen molar-refractivity contribution in [3.8, 4) is 5.75 Å². The van der Waals surface area contributed by atoms with Gasteiger partial charge in [0.05, 0.1) is 7.11 Å². The molecule has 4 amide bonds. The molecule has 32 heavy (non-hydrogen) atoms. The third kappa shape index (κ3) is 5.66. The quantitative estimate of drug-likeness (QED) is 0.670. The average molecular weight is 453 g/mol. The minimum absolute atomic E-state index is 0.117. The van der Waals surface area contributed by atoms with Crippen LogP contribution in [-0.4, -0.2) is 61.6 Å². The molecule has 1 aromatic carbocycles. The van der Waals surface area contributed by atoms with Crippen LogP contribution in [-0.2, 0) is 9.59 Å². The zero-order chi connectivity index (χ0) is 23.4. The van der Waals surface area contributed by atoms with Gasteiger partial charge in [0.15, 0.2) is 11.6 Å². The molecule has 0 radical (unpaired) electrons. The predicted octanol–water partition coefficient (Wildman–Crippen LogP) is 2.42. The maximum Gasteiger partial charge on any atom is 0.322 e. The van der Waals surface area contributed by atoms with Gasteiger partial charge in [-0.1, -0.05) is 26.2 Å². The molecular weight excluding hydrogens is 422 g/mol. The van der Waals surface area contributed by atoms with Crippen LogP contribution >= 0.6 is 0 Å². The van der Waals surface area contributed by atoms with Crippen LogP contribution in [0.4, 0.5) is 19.3 Å². The second-order valence-corrected chi connectivity index (χ2v) is 8.48. The van der Waals surface area contributed by atoms with E-state index in [9.17, 15) is 23.2 Å². The van der Waals surface area contributed by atoms with Crippen molar-refractivity contribution >= 4 is 23.5 Å². The van der Waals surface area contributed by atoms with E-state index in [-0.39, 0.29) is 24.1 Å². The number of nitrogens with zero attached hydrogens (tertiary/aromatic N) is 2. The van der Waals surface area contributed by atoms with Crippen molar-refractivity contribution in [3.05, 3.63) is 23.8 Å². The largest absolute Gasteiger partial charge is 0.493 e. The number of methoxy groups -OCH3 is 1. The van der Waals surface area contributed by atoms with Gasteiger partial charge in [0, 0.05) is 49.4 Å². The lowest BCUT2D eigenvalue weighted by Crippen LogP contribution is -2.55. The minimum Gasteiger partial charge on any atom is -0.493 e. The maximum absolute atomic E-state index is 13.9. The van der Waals surface area contributed by atoms with Crippen LogP contribution in [0.1, 0.15) is 39.5 Å². The molecule has 1 aromatic rings. The Labute approximate surface area is 186 Å². The smallest absolute Gasteiger partial charge is 0.322 e. The first-order valence-corrected chi connectivity index (χ1v) is 10.9. The summed E-state index contributed by atoms with van der Waals surface area (Å²) in [5.74, 6) is -3.19. The van der Waals surface area contributed by atoms with E-state index in [1.54, 1.807) is 11.8 Å². The topological polar surface area (TPSA) is 91.0 Å². The number of nitrogens with one attached hydrogen (secondary N) is 2. The number of rotatable bonds is 5. The first kappa shape index (κ1) is 23.7. The number of hydrogen-bond donors (Lipinski definition) is 2. The number of benzene rings is 1. The summed E-state index contributed by atoms with van der Waals surface area (Å²) in [6, 6.07) is 1.16. The second-order valence-electron chi connectivity index (χ2n) is 8.48. The molecule has 2 heterocycles. The molecule has 2 unspecified atom stereocenters. The molecule has 3 fully saturated rings. The Hall–Kier alpha value is -2.91. The van der Waals surface area contributed by atoms with Gasteiger partial charge in [-0.25, -0.2) is 9.18 Å². The van der Waals surface area contributed by atoms with Gasteiger partial charge < -0.3 is 19.9 Å². The number of ether oxygens (including phenoxy) is 1. The third-order valence-electron chi connectivity index (χ3n) is 5.69. The molecule has 176 valence electrons. The maximum atomic E-state index is 13.9. The Morgan fingerprint density at radius 2 is 1.91 bits per heavy atom. The SMILES string of the molecule is C1CC1.COc1cc(N2CCN(C(=O)C(C)CC3NC(=O)NC3=O)C[C@@H]2C)cc(F)c1F. The number of piperazine rings is 1. The Kier molecular flexibility index (Phi) is 7.52. The van der Waals surface area contributed by atoms with E-state index in [0.29, 0.717) is 25.3 Å². The summed E-state index contributed by atoms with van der Waals surface area (Å²) in [7, 11) is 1.27. The van der Waals surface area contributed by atoms with Gasteiger partial charge in [0.2, 0.25) is 11.7 Å². The van der Waals surface area contributed by atoms with Crippen molar-refractivity contribution in [2.24, 2.45) is 5.92 Å². The van der Waals surface area contributed by atoms with Crippen LogP contribution in [0.15, 0.2) is 12.1 Å². The van der Waals surface area contributed by atoms with E-state index in [1.165, 1.54) is 32.4 Å². The monoisotopic (exact) mass is 452 g/mol. The average Bonchev–Trinajstić information content (AvgIpc) is 3.60.